The fourth-order valence-corrected chi connectivity index (χ4v) is 1.42. The summed E-state index contributed by atoms with van der Waals surface area (Å²) in [5.74, 6) is -0.102. The van der Waals surface area contributed by atoms with Crippen LogP contribution in [0.3, 0.4) is 0 Å². The first-order valence-corrected chi connectivity index (χ1v) is 5.62. The van der Waals surface area contributed by atoms with Crippen molar-refractivity contribution in [1.82, 2.24) is 5.32 Å². The molecule has 0 aromatic heterocycles. The molecule has 0 aliphatic carbocycles. The van der Waals surface area contributed by atoms with Gasteiger partial charge in [0.05, 0.1) is 0 Å². The summed E-state index contributed by atoms with van der Waals surface area (Å²) < 4.78 is 0. The van der Waals surface area contributed by atoms with Gasteiger partial charge >= 0.3 is 0 Å². The van der Waals surface area contributed by atoms with Gasteiger partial charge in [-0.1, -0.05) is 42.5 Å². The van der Waals surface area contributed by atoms with Gasteiger partial charge in [0.25, 0.3) is 0 Å². The Kier molecular flexibility index (Phi) is 5.75. The van der Waals surface area contributed by atoms with E-state index in [1.54, 1.807) is 6.08 Å². The van der Waals surface area contributed by atoms with Gasteiger partial charge in [-0.3, -0.25) is 4.79 Å². The summed E-state index contributed by atoms with van der Waals surface area (Å²) in [5, 5.41) is 2.82. The summed E-state index contributed by atoms with van der Waals surface area (Å²) >= 11 is 0. The zero-order valence-electron chi connectivity index (χ0n) is 10.0. The van der Waals surface area contributed by atoms with Crippen LogP contribution in [0.4, 0.5) is 0 Å². The maximum atomic E-state index is 11.4. The Bertz CT molecular complexity index is 422. The van der Waals surface area contributed by atoms with Crippen molar-refractivity contribution in [3.63, 3.8) is 0 Å². The Hall–Kier alpha value is -1.87. The van der Waals surface area contributed by atoms with Crippen LogP contribution < -0.4 is 11.1 Å². The first kappa shape index (κ1) is 13.2. The molecule has 0 heterocycles. The number of allylic oxidation sites excluding steroid dienone is 3. The molecule has 0 aliphatic heterocycles. The smallest absolute Gasteiger partial charge is 0.244 e. The summed E-state index contributed by atoms with van der Waals surface area (Å²) in [6.07, 6.45) is 6.90. The molecule has 3 nitrogen and oxygen atoms in total. The van der Waals surface area contributed by atoms with E-state index in [0.717, 1.165) is 11.1 Å². The number of carbonyl (C=O) groups excluding carboxylic acids is 1. The monoisotopic (exact) mass is 230 g/mol. The largest absolute Gasteiger partial charge is 0.348 e. The van der Waals surface area contributed by atoms with Crippen molar-refractivity contribution in [3.8, 4) is 0 Å². The summed E-state index contributed by atoms with van der Waals surface area (Å²) in [6.45, 7) is 2.90. The first-order chi connectivity index (χ1) is 8.27. The lowest BCUT2D eigenvalue weighted by Crippen LogP contribution is -2.21. The second-order valence-electron chi connectivity index (χ2n) is 3.58. The molecular formula is C14H18N2O. The van der Waals surface area contributed by atoms with Crippen molar-refractivity contribution in [2.75, 3.05) is 0 Å². The van der Waals surface area contributed by atoms with Gasteiger partial charge in [0, 0.05) is 19.2 Å². The Morgan fingerprint density at radius 3 is 2.65 bits per heavy atom. The molecule has 0 spiro atoms. The van der Waals surface area contributed by atoms with Crippen molar-refractivity contribution in [2.24, 2.45) is 5.73 Å². The van der Waals surface area contributed by atoms with Gasteiger partial charge in [0.1, 0.15) is 0 Å². The lowest BCUT2D eigenvalue weighted by Gasteiger charge is -2.07. The minimum atomic E-state index is -0.102. The molecule has 0 aliphatic rings. The van der Waals surface area contributed by atoms with E-state index in [0.29, 0.717) is 13.1 Å². The summed E-state index contributed by atoms with van der Waals surface area (Å²) in [7, 11) is 0. The van der Waals surface area contributed by atoms with Crippen LogP contribution in [0.2, 0.25) is 0 Å². The molecule has 0 bridgehead atoms. The summed E-state index contributed by atoms with van der Waals surface area (Å²) in [5.41, 5.74) is 7.74. The van der Waals surface area contributed by atoms with E-state index in [2.05, 4.69) is 5.32 Å². The second kappa shape index (κ2) is 7.41. The highest BCUT2D eigenvalue weighted by molar-refractivity contribution is 5.87. The van der Waals surface area contributed by atoms with Crippen LogP contribution in [-0.4, -0.2) is 5.91 Å². The highest BCUT2D eigenvalue weighted by atomic mass is 16.1. The van der Waals surface area contributed by atoms with Crippen LogP contribution in [0, 0.1) is 0 Å². The number of nitrogens with one attached hydrogen (secondary N) is 1. The molecule has 1 aromatic rings. The number of nitrogens with two attached hydrogens (primary N) is 1. The number of hydrogen-bond acceptors (Lipinski definition) is 2. The minimum Gasteiger partial charge on any atom is -0.348 e. The van der Waals surface area contributed by atoms with E-state index < -0.39 is 0 Å². The highest BCUT2D eigenvalue weighted by Crippen LogP contribution is 2.07. The Morgan fingerprint density at radius 1 is 1.29 bits per heavy atom. The molecule has 0 unspecified atom stereocenters. The third-order valence-electron chi connectivity index (χ3n) is 2.34. The average molecular weight is 230 g/mol. The van der Waals surface area contributed by atoms with Crippen molar-refractivity contribution in [1.29, 1.82) is 0 Å². The molecule has 0 atom stereocenters. The molecule has 3 heteroatoms. The van der Waals surface area contributed by atoms with E-state index in [1.165, 1.54) is 6.08 Å². The minimum absolute atomic E-state index is 0.102. The SMILES string of the molecule is C/C=C/C=C/C(=O)NCc1ccccc1CN. The van der Waals surface area contributed by atoms with E-state index in [4.69, 9.17) is 5.73 Å². The third kappa shape index (κ3) is 4.66. The molecule has 90 valence electrons. The van der Waals surface area contributed by atoms with Gasteiger partial charge in [0.15, 0.2) is 0 Å². The van der Waals surface area contributed by atoms with Gasteiger partial charge in [0.2, 0.25) is 5.91 Å². The lowest BCUT2D eigenvalue weighted by atomic mass is 10.1. The van der Waals surface area contributed by atoms with Crippen molar-refractivity contribution < 1.29 is 4.79 Å². The van der Waals surface area contributed by atoms with E-state index in [9.17, 15) is 4.79 Å². The lowest BCUT2D eigenvalue weighted by molar-refractivity contribution is -0.116. The third-order valence-corrected chi connectivity index (χ3v) is 2.34. The Labute approximate surface area is 102 Å². The van der Waals surface area contributed by atoms with Crippen molar-refractivity contribution in [3.05, 3.63) is 59.7 Å². The van der Waals surface area contributed by atoms with Crippen LogP contribution in [0.15, 0.2) is 48.6 Å². The number of hydrogen-bond donors (Lipinski definition) is 2. The molecule has 1 rings (SSSR count). The van der Waals surface area contributed by atoms with Crippen molar-refractivity contribution in [2.45, 2.75) is 20.0 Å². The number of carbonyl (C=O) groups is 1. The average Bonchev–Trinajstić information content (AvgIpc) is 2.37. The summed E-state index contributed by atoms with van der Waals surface area (Å²) in [4.78, 5) is 11.4. The van der Waals surface area contributed by atoms with Crippen LogP contribution in [0.5, 0.6) is 0 Å². The maximum absolute atomic E-state index is 11.4. The van der Waals surface area contributed by atoms with Gasteiger partial charge in [-0.05, 0) is 18.1 Å². The zero-order chi connectivity index (χ0) is 12.5. The number of amides is 1. The van der Waals surface area contributed by atoms with Crippen LogP contribution in [-0.2, 0) is 17.9 Å². The molecular weight excluding hydrogens is 212 g/mol. The molecule has 17 heavy (non-hydrogen) atoms. The van der Waals surface area contributed by atoms with E-state index >= 15 is 0 Å². The Balaban J connectivity index is 2.52. The van der Waals surface area contributed by atoms with Crippen LogP contribution >= 0.6 is 0 Å². The Morgan fingerprint density at radius 2 is 2.00 bits per heavy atom. The van der Waals surface area contributed by atoms with E-state index in [1.807, 2.05) is 43.3 Å². The number of rotatable bonds is 5. The van der Waals surface area contributed by atoms with E-state index in [-0.39, 0.29) is 5.91 Å². The van der Waals surface area contributed by atoms with Gasteiger partial charge in [-0.25, -0.2) is 0 Å². The number of benzene rings is 1. The quantitative estimate of drug-likeness (QED) is 0.599. The van der Waals surface area contributed by atoms with Gasteiger partial charge in [-0.2, -0.15) is 0 Å². The fourth-order valence-electron chi connectivity index (χ4n) is 1.42. The molecule has 0 saturated heterocycles. The molecule has 1 amide bonds. The molecule has 3 N–H and O–H groups in total. The van der Waals surface area contributed by atoms with Gasteiger partial charge in [-0.15, -0.1) is 0 Å². The highest BCUT2D eigenvalue weighted by Gasteiger charge is 2.00. The predicted octanol–water partition coefficient (Wildman–Crippen LogP) is 1.89. The molecule has 0 fully saturated rings. The predicted molar refractivity (Wildman–Crippen MR) is 70.1 cm³/mol. The van der Waals surface area contributed by atoms with Crippen LogP contribution in [0.25, 0.3) is 0 Å². The topological polar surface area (TPSA) is 55.1 Å². The summed E-state index contributed by atoms with van der Waals surface area (Å²) in [6, 6.07) is 7.82. The molecule has 0 radical (unpaired) electrons. The molecule has 1 aromatic carbocycles. The fraction of sp³-hybridized carbons (Fsp3) is 0.214. The first-order valence-electron chi connectivity index (χ1n) is 5.62. The normalized spacial score (nSPS) is 11.2. The maximum Gasteiger partial charge on any atom is 0.244 e. The van der Waals surface area contributed by atoms with Gasteiger partial charge < -0.3 is 11.1 Å². The molecule has 0 saturated carbocycles. The zero-order valence-corrected chi connectivity index (χ0v) is 10.0. The van der Waals surface area contributed by atoms with Crippen molar-refractivity contribution >= 4 is 5.91 Å². The van der Waals surface area contributed by atoms with Crippen LogP contribution in [0.1, 0.15) is 18.1 Å². The second-order valence-corrected chi connectivity index (χ2v) is 3.58. The standard InChI is InChI=1S/C14H18N2O/c1-2-3-4-9-14(17)16-11-13-8-6-5-7-12(13)10-15/h2-9H,10-11,15H2,1H3,(H,16,17)/b3-2+,9-4+.